The average molecular weight is 306 g/mol. The molecule has 2 N–H and O–H groups in total. The molecule has 6 heteroatoms. The van der Waals surface area contributed by atoms with Gasteiger partial charge in [0.2, 0.25) is 0 Å². The number of aryl methyl sites for hydroxylation is 1. The van der Waals surface area contributed by atoms with Gasteiger partial charge in [-0.25, -0.2) is 15.0 Å². The van der Waals surface area contributed by atoms with Gasteiger partial charge >= 0.3 is 0 Å². The monoisotopic (exact) mass is 305 g/mol. The third-order valence-corrected chi connectivity index (χ3v) is 3.45. The summed E-state index contributed by atoms with van der Waals surface area (Å²) < 4.78 is 0. The summed E-state index contributed by atoms with van der Waals surface area (Å²) in [6, 6.07) is 7.73. The third kappa shape index (κ3) is 4.12. The molecule has 5 nitrogen and oxygen atoms in total. The largest absolute Gasteiger partial charge is 0.325 e. The maximum absolute atomic E-state index is 4.65. The van der Waals surface area contributed by atoms with Gasteiger partial charge in [0.1, 0.15) is 17.5 Å². The molecule has 0 bridgehead atoms. The Bertz CT molecular complexity index is 570. The molecule has 1 saturated heterocycles. The molecular formula is C15H20ClN5. The van der Waals surface area contributed by atoms with Crippen molar-refractivity contribution in [1.82, 2.24) is 20.3 Å². The molecule has 3 heterocycles. The Morgan fingerprint density at radius 1 is 1.24 bits per heavy atom. The fraction of sp³-hybridized carbons (Fsp3) is 0.400. The lowest BCUT2D eigenvalue weighted by Crippen LogP contribution is -2.29. The molecule has 0 aromatic carbocycles. The standard InChI is InChI=1S/C15H19N5.ClH/c1-11-9-14(19-13-6-2-3-8-17-13)20-15(18-11)12-5-4-7-16-10-12;/h2-3,6,8-9,12,16H,4-5,7,10H2,1H3,(H,17,18,19,20);1H. The molecule has 0 aliphatic carbocycles. The Labute approximate surface area is 131 Å². The maximum atomic E-state index is 4.65. The summed E-state index contributed by atoms with van der Waals surface area (Å²) in [5.41, 5.74) is 0.985. The Morgan fingerprint density at radius 3 is 2.86 bits per heavy atom. The van der Waals surface area contributed by atoms with E-state index in [0.29, 0.717) is 5.92 Å². The van der Waals surface area contributed by atoms with Crippen molar-refractivity contribution in [3.8, 4) is 0 Å². The van der Waals surface area contributed by atoms with Crippen molar-refractivity contribution in [3.63, 3.8) is 0 Å². The van der Waals surface area contributed by atoms with Crippen LogP contribution in [0.2, 0.25) is 0 Å². The minimum Gasteiger partial charge on any atom is -0.325 e. The van der Waals surface area contributed by atoms with Crippen LogP contribution in [0.25, 0.3) is 0 Å². The second kappa shape index (κ2) is 7.33. The Hall–Kier alpha value is -1.72. The number of nitrogens with zero attached hydrogens (tertiary/aromatic N) is 3. The first-order chi connectivity index (χ1) is 9.81. The molecular weight excluding hydrogens is 286 g/mol. The number of piperidine rings is 1. The first kappa shape index (κ1) is 15.7. The number of hydrogen-bond acceptors (Lipinski definition) is 5. The second-order valence-corrected chi connectivity index (χ2v) is 5.14. The molecule has 21 heavy (non-hydrogen) atoms. The zero-order valence-corrected chi connectivity index (χ0v) is 12.9. The molecule has 1 aliphatic heterocycles. The second-order valence-electron chi connectivity index (χ2n) is 5.14. The van der Waals surface area contributed by atoms with E-state index in [1.165, 1.54) is 6.42 Å². The fourth-order valence-corrected chi connectivity index (χ4v) is 2.48. The summed E-state index contributed by atoms with van der Waals surface area (Å²) in [5, 5.41) is 6.65. The smallest absolute Gasteiger partial charge is 0.135 e. The average Bonchev–Trinajstić information content (AvgIpc) is 2.49. The molecule has 2 aromatic rings. The first-order valence-electron chi connectivity index (χ1n) is 7.05. The van der Waals surface area contributed by atoms with Crippen molar-refractivity contribution in [2.24, 2.45) is 0 Å². The van der Waals surface area contributed by atoms with Crippen molar-refractivity contribution < 1.29 is 0 Å². The van der Waals surface area contributed by atoms with Crippen molar-refractivity contribution in [1.29, 1.82) is 0 Å². The number of nitrogens with one attached hydrogen (secondary N) is 2. The van der Waals surface area contributed by atoms with Gasteiger partial charge in [-0.05, 0) is 38.4 Å². The maximum Gasteiger partial charge on any atom is 0.135 e. The lowest BCUT2D eigenvalue weighted by Gasteiger charge is -2.22. The van der Waals surface area contributed by atoms with Crippen molar-refractivity contribution in [3.05, 3.63) is 42.0 Å². The lowest BCUT2D eigenvalue weighted by molar-refractivity contribution is 0.446. The highest BCUT2D eigenvalue weighted by Crippen LogP contribution is 2.22. The van der Waals surface area contributed by atoms with Crippen LogP contribution < -0.4 is 10.6 Å². The summed E-state index contributed by atoms with van der Waals surface area (Å²) in [7, 11) is 0. The quantitative estimate of drug-likeness (QED) is 0.913. The first-order valence-corrected chi connectivity index (χ1v) is 7.05. The summed E-state index contributed by atoms with van der Waals surface area (Å²) in [6.45, 7) is 4.07. The number of anilines is 2. The third-order valence-electron chi connectivity index (χ3n) is 3.45. The van der Waals surface area contributed by atoms with E-state index >= 15 is 0 Å². The van der Waals surface area contributed by atoms with Gasteiger partial charge in [-0.15, -0.1) is 12.4 Å². The van der Waals surface area contributed by atoms with Gasteiger partial charge in [0.15, 0.2) is 0 Å². The Balaban J connectivity index is 0.00000161. The normalized spacial score (nSPS) is 17.9. The topological polar surface area (TPSA) is 62.7 Å². The van der Waals surface area contributed by atoms with Gasteiger partial charge in [-0.1, -0.05) is 6.07 Å². The van der Waals surface area contributed by atoms with E-state index in [-0.39, 0.29) is 12.4 Å². The van der Waals surface area contributed by atoms with E-state index in [9.17, 15) is 0 Å². The molecule has 0 radical (unpaired) electrons. The van der Waals surface area contributed by atoms with Crippen LogP contribution in [0.1, 0.15) is 30.3 Å². The van der Waals surface area contributed by atoms with E-state index < -0.39 is 0 Å². The van der Waals surface area contributed by atoms with Crippen LogP contribution in [0.4, 0.5) is 11.6 Å². The van der Waals surface area contributed by atoms with Crippen LogP contribution in [0, 0.1) is 6.92 Å². The van der Waals surface area contributed by atoms with E-state index in [1.54, 1.807) is 6.20 Å². The van der Waals surface area contributed by atoms with E-state index in [2.05, 4.69) is 25.6 Å². The van der Waals surface area contributed by atoms with Gasteiger partial charge in [0.05, 0.1) is 0 Å². The van der Waals surface area contributed by atoms with Gasteiger partial charge in [-0.3, -0.25) is 0 Å². The molecule has 1 atom stereocenters. The molecule has 0 saturated carbocycles. The minimum absolute atomic E-state index is 0. The SMILES string of the molecule is Cc1cc(Nc2ccccn2)nc(C2CCCNC2)n1.Cl. The molecule has 112 valence electrons. The molecule has 1 unspecified atom stereocenters. The zero-order chi connectivity index (χ0) is 13.8. The summed E-state index contributed by atoms with van der Waals surface area (Å²) in [5.74, 6) is 2.96. The molecule has 3 rings (SSSR count). The Morgan fingerprint density at radius 2 is 2.14 bits per heavy atom. The molecule has 1 aliphatic rings. The zero-order valence-electron chi connectivity index (χ0n) is 12.0. The highest BCUT2D eigenvalue weighted by atomic mass is 35.5. The van der Waals surface area contributed by atoms with Crippen molar-refractivity contribution in [2.45, 2.75) is 25.7 Å². The molecule has 2 aromatic heterocycles. The number of halogens is 1. The minimum atomic E-state index is 0. The number of pyridine rings is 1. The summed E-state index contributed by atoms with van der Waals surface area (Å²) in [4.78, 5) is 13.5. The Kier molecular flexibility index (Phi) is 5.47. The van der Waals surface area contributed by atoms with Crippen LogP contribution in [0.5, 0.6) is 0 Å². The summed E-state index contributed by atoms with van der Waals surface area (Å²) in [6.07, 6.45) is 4.10. The van der Waals surface area contributed by atoms with Crippen molar-refractivity contribution in [2.75, 3.05) is 18.4 Å². The number of aromatic nitrogens is 3. The van der Waals surface area contributed by atoms with Crippen LogP contribution in [0.3, 0.4) is 0 Å². The predicted octanol–water partition coefficient (Wildman–Crippen LogP) is 2.81. The highest BCUT2D eigenvalue weighted by Gasteiger charge is 2.18. The molecule has 0 spiro atoms. The van der Waals surface area contributed by atoms with E-state index in [0.717, 1.165) is 42.7 Å². The molecule has 1 fully saturated rings. The van der Waals surface area contributed by atoms with Gasteiger partial charge in [0, 0.05) is 30.4 Å². The number of rotatable bonds is 3. The summed E-state index contributed by atoms with van der Waals surface area (Å²) >= 11 is 0. The molecule has 0 amide bonds. The van der Waals surface area contributed by atoms with Crippen LogP contribution >= 0.6 is 12.4 Å². The van der Waals surface area contributed by atoms with E-state index in [1.807, 2.05) is 31.2 Å². The predicted molar refractivity (Wildman–Crippen MR) is 86.4 cm³/mol. The van der Waals surface area contributed by atoms with Gasteiger partial charge < -0.3 is 10.6 Å². The van der Waals surface area contributed by atoms with Gasteiger partial charge in [0.25, 0.3) is 0 Å². The number of hydrogen-bond donors (Lipinski definition) is 2. The highest BCUT2D eigenvalue weighted by molar-refractivity contribution is 5.85. The van der Waals surface area contributed by atoms with E-state index in [4.69, 9.17) is 0 Å². The van der Waals surface area contributed by atoms with Crippen molar-refractivity contribution >= 4 is 24.0 Å². The van der Waals surface area contributed by atoms with Crippen LogP contribution in [0.15, 0.2) is 30.5 Å². The lowest BCUT2D eigenvalue weighted by atomic mass is 9.99. The van der Waals surface area contributed by atoms with Crippen LogP contribution in [-0.2, 0) is 0 Å². The van der Waals surface area contributed by atoms with Crippen LogP contribution in [-0.4, -0.2) is 28.0 Å². The fourth-order valence-electron chi connectivity index (χ4n) is 2.48. The van der Waals surface area contributed by atoms with Gasteiger partial charge in [-0.2, -0.15) is 0 Å².